The second-order valence-corrected chi connectivity index (χ2v) is 5.98. The van der Waals surface area contributed by atoms with Crippen molar-refractivity contribution in [1.29, 1.82) is 0 Å². The molecule has 0 amide bonds. The van der Waals surface area contributed by atoms with Crippen molar-refractivity contribution in [2.45, 2.75) is 31.8 Å². The number of hydrogen-bond acceptors (Lipinski definition) is 5. The molecule has 5 nitrogen and oxygen atoms in total. The molecule has 0 spiro atoms. The predicted octanol–water partition coefficient (Wildman–Crippen LogP) is 3.62. The lowest BCUT2D eigenvalue weighted by molar-refractivity contribution is -0.0770. The zero-order valence-corrected chi connectivity index (χ0v) is 12.7. The number of halogens is 1. The number of nitrogens with zero attached hydrogens (tertiary/aromatic N) is 2. The molecule has 1 unspecified atom stereocenters. The highest BCUT2D eigenvalue weighted by Gasteiger charge is 2.35. The summed E-state index contributed by atoms with van der Waals surface area (Å²) in [4.78, 5) is 4.42. The monoisotopic (exact) mass is 338 g/mol. The number of benzene rings is 1. The predicted molar refractivity (Wildman–Crippen MR) is 76.3 cm³/mol. The van der Waals surface area contributed by atoms with Gasteiger partial charge in [-0.1, -0.05) is 5.16 Å². The molecule has 0 radical (unpaired) electrons. The number of aromatic hydroxyl groups is 1. The fourth-order valence-electron chi connectivity index (χ4n) is 2.31. The number of rotatable bonds is 2. The Morgan fingerprint density at radius 3 is 2.90 bits per heavy atom. The number of aromatic nitrogens is 2. The van der Waals surface area contributed by atoms with Crippen LogP contribution in [0.1, 0.15) is 32.0 Å². The molecule has 3 rings (SSSR count). The molecule has 1 aromatic carbocycles. The summed E-state index contributed by atoms with van der Waals surface area (Å²) in [6.45, 7) is 2.71. The average molecular weight is 339 g/mol. The van der Waals surface area contributed by atoms with Crippen LogP contribution in [-0.2, 0) is 10.3 Å². The van der Waals surface area contributed by atoms with Gasteiger partial charge in [-0.2, -0.15) is 4.98 Å². The maximum atomic E-state index is 9.71. The molecule has 0 aliphatic carbocycles. The van der Waals surface area contributed by atoms with Crippen LogP contribution in [0.3, 0.4) is 0 Å². The van der Waals surface area contributed by atoms with Gasteiger partial charge in [0.1, 0.15) is 11.4 Å². The van der Waals surface area contributed by atoms with Crippen molar-refractivity contribution < 1.29 is 14.4 Å². The van der Waals surface area contributed by atoms with E-state index in [-0.39, 0.29) is 5.75 Å². The minimum absolute atomic E-state index is 0.141. The minimum atomic E-state index is -0.475. The van der Waals surface area contributed by atoms with Crippen LogP contribution in [0, 0.1) is 0 Å². The molecular formula is C14H15BrN2O3. The summed E-state index contributed by atoms with van der Waals surface area (Å²) in [6, 6.07) is 5.14. The largest absolute Gasteiger partial charge is 0.507 e. The van der Waals surface area contributed by atoms with Crippen molar-refractivity contribution in [2.75, 3.05) is 6.61 Å². The Hall–Kier alpha value is -1.40. The third-order valence-electron chi connectivity index (χ3n) is 3.56. The highest BCUT2D eigenvalue weighted by molar-refractivity contribution is 9.10. The lowest BCUT2D eigenvalue weighted by Crippen LogP contribution is -2.31. The van der Waals surface area contributed by atoms with E-state index in [1.807, 2.05) is 13.0 Å². The lowest BCUT2D eigenvalue weighted by atomic mass is 9.95. The highest BCUT2D eigenvalue weighted by atomic mass is 79.9. The van der Waals surface area contributed by atoms with E-state index >= 15 is 0 Å². The second kappa shape index (κ2) is 5.18. The van der Waals surface area contributed by atoms with Crippen LogP contribution in [0.4, 0.5) is 0 Å². The van der Waals surface area contributed by atoms with Gasteiger partial charge in [-0.25, -0.2) is 0 Å². The maximum Gasteiger partial charge on any atom is 0.258 e. The fourth-order valence-corrected chi connectivity index (χ4v) is 2.56. The second-order valence-electron chi connectivity index (χ2n) is 5.13. The zero-order chi connectivity index (χ0) is 14.2. The topological polar surface area (TPSA) is 68.4 Å². The van der Waals surface area contributed by atoms with Crippen molar-refractivity contribution in [3.63, 3.8) is 0 Å². The van der Waals surface area contributed by atoms with E-state index in [2.05, 4.69) is 26.1 Å². The van der Waals surface area contributed by atoms with Crippen molar-refractivity contribution >= 4 is 15.9 Å². The molecule has 1 aliphatic rings. The standard InChI is InChI=1S/C14H15BrN2O3/c1-14(6-2-3-7-19-14)13-16-12(20-17-13)9-4-5-10(15)11(18)8-9/h4-5,8,18H,2-3,6-7H2,1H3. The molecule has 0 saturated carbocycles. The van der Waals surface area contributed by atoms with Gasteiger partial charge in [-0.15, -0.1) is 0 Å². The van der Waals surface area contributed by atoms with E-state index in [0.717, 1.165) is 25.9 Å². The van der Waals surface area contributed by atoms with Crippen LogP contribution in [0.25, 0.3) is 11.5 Å². The molecule has 20 heavy (non-hydrogen) atoms. The molecule has 1 aromatic heterocycles. The maximum absolute atomic E-state index is 9.71. The molecule has 106 valence electrons. The summed E-state index contributed by atoms with van der Waals surface area (Å²) in [6.07, 6.45) is 3.05. The van der Waals surface area contributed by atoms with Gasteiger partial charge in [0.15, 0.2) is 0 Å². The summed E-state index contributed by atoms with van der Waals surface area (Å²) < 4.78 is 11.7. The third kappa shape index (κ3) is 2.45. The highest BCUT2D eigenvalue weighted by Crippen LogP contribution is 2.35. The molecule has 1 fully saturated rings. The Morgan fingerprint density at radius 1 is 1.35 bits per heavy atom. The SMILES string of the molecule is CC1(c2noc(-c3ccc(Br)c(O)c3)n2)CCCCO1. The number of hydrogen-bond donors (Lipinski definition) is 1. The molecule has 1 atom stereocenters. The Kier molecular flexibility index (Phi) is 3.52. The molecule has 6 heteroatoms. The molecule has 1 N–H and O–H groups in total. The fraction of sp³-hybridized carbons (Fsp3) is 0.429. The molecule has 1 aliphatic heterocycles. The molecule has 2 heterocycles. The Bertz CT molecular complexity index is 621. The number of ether oxygens (including phenoxy) is 1. The summed E-state index contributed by atoms with van der Waals surface area (Å²) in [5.41, 5.74) is 0.209. The first-order chi connectivity index (χ1) is 9.58. The van der Waals surface area contributed by atoms with E-state index in [1.54, 1.807) is 12.1 Å². The van der Waals surface area contributed by atoms with E-state index < -0.39 is 5.60 Å². The molecule has 2 aromatic rings. The first kappa shape index (κ1) is 13.6. The smallest absolute Gasteiger partial charge is 0.258 e. The minimum Gasteiger partial charge on any atom is -0.507 e. The average Bonchev–Trinajstić information content (AvgIpc) is 2.93. The number of phenolic OH excluding ortho intramolecular Hbond substituents is 1. The normalized spacial score (nSPS) is 22.9. The van der Waals surface area contributed by atoms with E-state index in [0.29, 0.717) is 21.8 Å². The summed E-state index contributed by atoms with van der Waals surface area (Å²) >= 11 is 3.24. The van der Waals surface area contributed by atoms with Crippen molar-refractivity contribution in [2.24, 2.45) is 0 Å². The van der Waals surface area contributed by atoms with Gasteiger partial charge in [-0.05, 0) is 60.3 Å². The van der Waals surface area contributed by atoms with Crippen LogP contribution in [0.2, 0.25) is 0 Å². The summed E-state index contributed by atoms with van der Waals surface area (Å²) in [5, 5.41) is 13.7. The molecule has 0 bridgehead atoms. The zero-order valence-electron chi connectivity index (χ0n) is 11.1. The lowest BCUT2D eigenvalue weighted by Gasteiger charge is -2.30. The van der Waals surface area contributed by atoms with Gasteiger partial charge in [0, 0.05) is 12.2 Å². The van der Waals surface area contributed by atoms with Gasteiger partial charge < -0.3 is 14.4 Å². The van der Waals surface area contributed by atoms with E-state index in [4.69, 9.17) is 9.26 Å². The Labute approximate surface area is 125 Å². The van der Waals surface area contributed by atoms with Crippen LogP contribution in [-0.4, -0.2) is 21.9 Å². The van der Waals surface area contributed by atoms with E-state index in [1.165, 1.54) is 0 Å². The van der Waals surface area contributed by atoms with Crippen LogP contribution < -0.4 is 0 Å². The Balaban J connectivity index is 1.91. The van der Waals surface area contributed by atoms with Gasteiger partial charge in [-0.3, -0.25) is 0 Å². The van der Waals surface area contributed by atoms with Gasteiger partial charge in [0.2, 0.25) is 5.82 Å². The molecule has 1 saturated heterocycles. The summed E-state index contributed by atoms with van der Waals surface area (Å²) in [7, 11) is 0. The van der Waals surface area contributed by atoms with Gasteiger partial charge in [0.05, 0.1) is 4.47 Å². The first-order valence-electron chi connectivity index (χ1n) is 6.55. The first-order valence-corrected chi connectivity index (χ1v) is 7.35. The molecular weight excluding hydrogens is 324 g/mol. The van der Waals surface area contributed by atoms with Crippen LogP contribution in [0.15, 0.2) is 27.2 Å². The van der Waals surface area contributed by atoms with Crippen molar-refractivity contribution in [1.82, 2.24) is 10.1 Å². The Morgan fingerprint density at radius 2 is 2.20 bits per heavy atom. The third-order valence-corrected chi connectivity index (χ3v) is 4.23. The van der Waals surface area contributed by atoms with Crippen LogP contribution >= 0.6 is 15.9 Å². The number of phenols is 1. The van der Waals surface area contributed by atoms with Gasteiger partial charge in [0.25, 0.3) is 5.89 Å². The van der Waals surface area contributed by atoms with Crippen LogP contribution in [0.5, 0.6) is 5.75 Å². The van der Waals surface area contributed by atoms with Crippen molar-refractivity contribution in [3.8, 4) is 17.2 Å². The van der Waals surface area contributed by atoms with Crippen molar-refractivity contribution in [3.05, 3.63) is 28.5 Å². The summed E-state index contributed by atoms with van der Waals surface area (Å²) in [5.74, 6) is 1.09. The van der Waals surface area contributed by atoms with E-state index in [9.17, 15) is 5.11 Å². The quantitative estimate of drug-likeness (QED) is 0.905. The van der Waals surface area contributed by atoms with Gasteiger partial charge >= 0.3 is 0 Å².